The number of carboxylic acids is 1. The van der Waals surface area contributed by atoms with Gasteiger partial charge in [-0.2, -0.15) is 13.2 Å². The number of amides is 1. The molecule has 1 amide bonds. The topological polar surface area (TPSA) is 112 Å². The number of aryl methyl sites for hydroxylation is 1. The summed E-state index contributed by atoms with van der Waals surface area (Å²) in [4.78, 5) is 33.4. The molecule has 11 heteroatoms. The number of nitrogens with two attached hydrogens (primary N) is 1. The number of carboxylic acid groups (broad SMARTS) is 1. The zero-order valence-electron chi connectivity index (χ0n) is 20.6. The van der Waals surface area contributed by atoms with Gasteiger partial charge in [-0.05, 0) is 73.8 Å². The largest absolute Gasteiger partial charge is 0.490 e. The van der Waals surface area contributed by atoms with Crippen molar-refractivity contribution in [3.05, 3.63) is 65.7 Å². The number of imidazole rings is 1. The molecule has 3 heterocycles. The van der Waals surface area contributed by atoms with E-state index in [1.54, 1.807) is 11.3 Å². The molecule has 1 fully saturated rings. The number of carbonyl (C=O) groups is 2. The molecule has 1 saturated heterocycles. The van der Waals surface area contributed by atoms with Crippen LogP contribution in [-0.4, -0.2) is 51.1 Å². The minimum Gasteiger partial charge on any atom is -0.475 e. The number of fused-ring (bicyclic) bond motifs is 1. The van der Waals surface area contributed by atoms with Crippen LogP contribution >= 0.6 is 11.3 Å². The van der Waals surface area contributed by atoms with Crippen LogP contribution in [-0.2, 0) is 16.1 Å². The molecular formula is C27H27F3N4O3S. The number of aromatic amines is 1. The fourth-order valence-corrected chi connectivity index (χ4v) is 5.32. The number of carbonyl (C=O) groups excluding carboxylic acids is 1. The van der Waals surface area contributed by atoms with Crippen molar-refractivity contribution in [1.82, 2.24) is 14.9 Å². The van der Waals surface area contributed by atoms with Gasteiger partial charge in [-0.1, -0.05) is 30.3 Å². The number of hydrogen-bond donors (Lipinski definition) is 3. The third kappa shape index (κ3) is 6.59. The number of benzene rings is 2. The van der Waals surface area contributed by atoms with Crippen molar-refractivity contribution >= 4 is 34.2 Å². The number of H-pyrrole nitrogens is 1. The lowest BCUT2D eigenvalue weighted by atomic mass is 9.96. The Bertz CT molecular complexity index is 1440. The minimum atomic E-state index is -5.08. The van der Waals surface area contributed by atoms with Crippen LogP contribution < -0.4 is 5.73 Å². The fraction of sp³-hybridized carbons (Fsp3) is 0.296. The van der Waals surface area contributed by atoms with Crippen molar-refractivity contribution in [1.29, 1.82) is 0 Å². The Labute approximate surface area is 221 Å². The van der Waals surface area contributed by atoms with E-state index in [9.17, 15) is 18.0 Å². The number of primary amides is 1. The quantitative estimate of drug-likeness (QED) is 0.303. The van der Waals surface area contributed by atoms with Gasteiger partial charge in [-0.15, -0.1) is 11.3 Å². The van der Waals surface area contributed by atoms with Crippen molar-refractivity contribution in [2.75, 3.05) is 13.1 Å². The van der Waals surface area contributed by atoms with Gasteiger partial charge in [0.05, 0.1) is 15.9 Å². The van der Waals surface area contributed by atoms with Gasteiger partial charge in [0, 0.05) is 17.3 Å². The van der Waals surface area contributed by atoms with Crippen LogP contribution in [0.2, 0.25) is 0 Å². The highest BCUT2D eigenvalue weighted by Gasteiger charge is 2.38. The summed E-state index contributed by atoms with van der Waals surface area (Å²) >= 11 is 1.76. The van der Waals surface area contributed by atoms with Gasteiger partial charge >= 0.3 is 12.1 Å². The van der Waals surface area contributed by atoms with E-state index in [0.29, 0.717) is 0 Å². The van der Waals surface area contributed by atoms with Crippen LogP contribution in [0.25, 0.3) is 32.2 Å². The standard InChI is InChI=1S/C25H26N4OS.C2HF3O2/c1-16-4-2-7-20-23(16)28-25(27-20)22-9-8-21(31-22)19-6-3-5-17(14-19)15-29-12-10-18(11-13-29)24(26)30;3-2(4,5)1(6)7/h2-9,14,18H,10-13,15H2,1H3,(H2,26,30)(H,27,28);(H,6,7). The second kappa shape index (κ2) is 11.4. The lowest BCUT2D eigenvalue weighted by Gasteiger charge is -2.30. The number of aliphatic carboxylic acids is 1. The van der Waals surface area contributed by atoms with Gasteiger partial charge in [-0.3, -0.25) is 9.69 Å². The van der Waals surface area contributed by atoms with E-state index in [1.165, 1.54) is 21.6 Å². The van der Waals surface area contributed by atoms with E-state index < -0.39 is 12.1 Å². The Balaban J connectivity index is 0.000000426. The van der Waals surface area contributed by atoms with Gasteiger partial charge in [0.1, 0.15) is 5.82 Å². The Morgan fingerprint density at radius 1 is 1.11 bits per heavy atom. The molecule has 4 N–H and O–H groups in total. The number of rotatable bonds is 5. The molecule has 5 rings (SSSR count). The van der Waals surface area contributed by atoms with Crippen LogP contribution in [0.15, 0.2) is 54.6 Å². The molecule has 0 aliphatic carbocycles. The first-order valence-corrected chi connectivity index (χ1v) is 12.8. The van der Waals surface area contributed by atoms with E-state index in [4.69, 9.17) is 20.6 Å². The molecule has 4 aromatic rings. The molecular weight excluding hydrogens is 517 g/mol. The van der Waals surface area contributed by atoms with E-state index in [0.717, 1.165) is 54.2 Å². The summed E-state index contributed by atoms with van der Waals surface area (Å²) in [6.07, 6.45) is -3.36. The number of thiophene rings is 1. The maximum absolute atomic E-state index is 11.4. The zero-order valence-corrected chi connectivity index (χ0v) is 21.4. The summed E-state index contributed by atoms with van der Waals surface area (Å²) in [6.45, 7) is 4.84. The van der Waals surface area contributed by atoms with Crippen molar-refractivity contribution in [3.63, 3.8) is 0 Å². The van der Waals surface area contributed by atoms with Gasteiger partial charge < -0.3 is 15.8 Å². The SMILES string of the molecule is Cc1cccc2[nH]c(-c3ccc(-c4cccc(CN5CCC(C(N)=O)CC5)c4)s3)nc12.O=C(O)C(F)(F)F. The van der Waals surface area contributed by atoms with Crippen molar-refractivity contribution in [2.45, 2.75) is 32.5 Å². The lowest BCUT2D eigenvalue weighted by molar-refractivity contribution is -0.192. The summed E-state index contributed by atoms with van der Waals surface area (Å²) in [7, 11) is 0. The highest BCUT2D eigenvalue weighted by molar-refractivity contribution is 7.18. The number of halogens is 3. The minimum absolute atomic E-state index is 0.0363. The van der Waals surface area contributed by atoms with Gasteiger partial charge in [-0.25, -0.2) is 9.78 Å². The summed E-state index contributed by atoms with van der Waals surface area (Å²) < 4.78 is 31.7. The molecule has 7 nitrogen and oxygen atoms in total. The van der Waals surface area contributed by atoms with Crippen LogP contribution in [0.1, 0.15) is 24.0 Å². The smallest absolute Gasteiger partial charge is 0.475 e. The first kappa shape index (κ1) is 27.3. The molecule has 2 aromatic carbocycles. The molecule has 0 atom stereocenters. The number of para-hydroxylation sites is 1. The normalized spacial score (nSPS) is 14.7. The number of nitrogens with zero attached hydrogens (tertiary/aromatic N) is 2. The number of piperidine rings is 1. The fourth-order valence-electron chi connectivity index (χ4n) is 4.37. The highest BCUT2D eigenvalue weighted by Crippen LogP contribution is 2.35. The lowest BCUT2D eigenvalue weighted by Crippen LogP contribution is -2.38. The zero-order chi connectivity index (χ0) is 27.4. The summed E-state index contributed by atoms with van der Waals surface area (Å²) in [5, 5.41) is 7.12. The molecule has 0 saturated carbocycles. The third-order valence-electron chi connectivity index (χ3n) is 6.40. The molecule has 0 bridgehead atoms. The van der Waals surface area contributed by atoms with Gasteiger partial charge in [0.15, 0.2) is 0 Å². The molecule has 2 aromatic heterocycles. The van der Waals surface area contributed by atoms with Crippen LogP contribution in [0, 0.1) is 12.8 Å². The van der Waals surface area contributed by atoms with Gasteiger partial charge in [0.25, 0.3) is 0 Å². The van der Waals surface area contributed by atoms with E-state index >= 15 is 0 Å². The summed E-state index contributed by atoms with van der Waals surface area (Å²) in [5.41, 5.74) is 11.3. The number of alkyl halides is 3. The molecule has 1 aliphatic rings. The molecule has 0 spiro atoms. The second-order valence-electron chi connectivity index (χ2n) is 9.18. The Morgan fingerprint density at radius 3 is 2.39 bits per heavy atom. The number of nitrogens with one attached hydrogen (secondary N) is 1. The Kier molecular flexibility index (Phi) is 8.17. The highest BCUT2D eigenvalue weighted by atomic mass is 32.1. The first-order valence-electron chi connectivity index (χ1n) is 12.0. The molecule has 0 unspecified atom stereocenters. The molecule has 1 aliphatic heterocycles. The van der Waals surface area contributed by atoms with Crippen LogP contribution in [0.3, 0.4) is 0 Å². The average molecular weight is 545 g/mol. The van der Waals surface area contributed by atoms with Crippen LogP contribution in [0.4, 0.5) is 13.2 Å². The Morgan fingerprint density at radius 2 is 1.76 bits per heavy atom. The Hall–Kier alpha value is -3.70. The maximum atomic E-state index is 11.4. The monoisotopic (exact) mass is 544 g/mol. The van der Waals surface area contributed by atoms with E-state index in [2.05, 4.69) is 71.4 Å². The second-order valence-corrected chi connectivity index (χ2v) is 10.3. The van der Waals surface area contributed by atoms with Crippen LogP contribution in [0.5, 0.6) is 0 Å². The predicted octanol–water partition coefficient (Wildman–Crippen LogP) is 5.60. The summed E-state index contributed by atoms with van der Waals surface area (Å²) in [5.74, 6) is -1.95. The van der Waals surface area contributed by atoms with E-state index in [1.807, 2.05) is 0 Å². The molecule has 0 radical (unpaired) electrons. The summed E-state index contributed by atoms with van der Waals surface area (Å²) in [6, 6.07) is 19.3. The van der Waals surface area contributed by atoms with Gasteiger partial charge in [0.2, 0.25) is 5.91 Å². The maximum Gasteiger partial charge on any atom is 0.490 e. The number of hydrogen-bond acceptors (Lipinski definition) is 5. The predicted molar refractivity (Wildman–Crippen MR) is 140 cm³/mol. The van der Waals surface area contributed by atoms with E-state index in [-0.39, 0.29) is 11.8 Å². The van der Waals surface area contributed by atoms with Crippen molar-refractivity contribution in [2.24, 2.45) is 11.7 Å². The molecule has 38 heavy (non-hydrogen) atoms. The first-order chi connectivity index (χ1) is 18.0. The third-order valence-corrected chi connectivity index (χ3v) is 7.54. The average Bonchev–Trinajstić information content (AvgIpc) is 3.53. The van der Waals surface area contributed by atoms with Crippen molar-refractivity contribution in [3.8, 4) is 21.1 Å². The molecule has 200 valence electrons. The number of aromatic nitrogens is 2. The number of likely N-dealkylation sites (tertiary alicyclic amines) is 1. The van der Waals surface area contributed by atoms with Crippen molar-refractivity contribution < 1.29 is 27.9 Å².